The van der Waals surface area contributed by atoms with Crippen molar-refractivity contribution in [3.63, 3.8) is 0 Å². The van der Waals surface area contributed by atoms with E-state index in [0.717, 1.165) is 0 Å². The standard InChI is InChI=1S/C7H5BrCl2N2O/c1-2-3-13-4-12-6(10)5(9)11-7(12)8/h1H,3-4H2. The number of rotatable bonds is 3. The van der Waals surface area contributed by atoms with Gasteiger partial charge in [-0.15, -0.1) is 6.42 Å². The van der Waals surface area contributed by atoms with Gasteiger partial charge in [-0.3, -0.25) is 4.57 Å². The predicted molar refractivity (Wildman–Crippen MR) is 54.7 cm³/mol. The fourth-order valence-corrected chi connectivity index (χ4v) is 1.70. The van der Waals surface area contributed by atoms with Gasteiger partial charge in [-0.05, 0) is 15.9 Å². The third kappa shape index (κ3) is 2.61. The maximum absolute atomic E-state index is 5.80. The van der Waals surface area contributed by atoms with Crippen LogP contribution in [0.1, 0.15) is 0 Å². The summed E-state index contributed by atoms with van der Waals surface area (Å²) in [7, 11) is 0. The number of imidazole rings is 1. The molecular formula is C7H5BrCl2N2O. The van der Waals surface area contributed by atoms with Gasteiger partial charge in [0.15, 0.2) is 15.0 Å². The van der Waals surface area contributed by atoms with Crippen LogP contribution in [0.3, 0.4) is 0 Å². The maximum atomic E-state index is 5.80. The number of ether oxygens (including phenoxy) is 1. The van der Waals surface area contributed by atoms with E-state index in [2.05, 4.69) is 26.8 Å². The number of hydrogen-bond donors (Lipinski definition) is 0. The number of aromatic nitrogens is 2. The van der Waals surface area contributed by atoms with Crippen molar-refractivity contribution in [3.8, 4) is 12.3 Å². The highest BCUT2D eigenvalue weighted by Gasteiger charge is 2.11. The summed E-state index contributed by atoms with van der Waals surface area (Å²) in [6, 6.07) is 0. The highest BCUT2D eigenvalue weighted by molar-refractivity contribution is 9.10. The van der Waals surface area contributed by atoms with Crippen LogP contribution in [0.5, 0.6) is 0 Å². The van der Waals surface area contributed by atoms with E-state index < -0.39 is 0 Å². The maximum Gasteiger partial charge on any atom is 0.181 e. The molecule has 0 aromatic carbocycles. The summed E-state index contributed by atoms with van der Waals surface area (Å²) >= 11 is 14.6. The third-order valence-electron chi connectivity index (χ3n) is 1.23. The summed E-state index contributed by atoms with van der Waals surface area (Å²) in [5, 5.41) is 0.559. The second-order valence-corrected chi connectivity index (χ2v) is 3.50. The minimum absolute atomic E-state index is 0.221. The van der Waals surface area contributed by atoms with E-state index in [1.807, 2.05) is 0 Å². The Morgan fingerprint density at radius 2 is 2.31 bits per heavy atom. The predicted octanol–water partition coefficient (Wildman–Crippen LogP) is 2.56. The number of nitrogens with zero attached hydrogens (tertiary/aromatic N) is 2. The molecule has 0 bridgehead atoms. The van der Waals surface area contributed by atoms with Crippen LogP contribution in [0.15, 0.2) is 4.73 Å². The molecule has 0 aliphatic rings. The molecule has 0 saturated carbocycles. The van der Waals surface area contributed by atoms with E-state index in [4.69, 9.17) is 34.4 Å². The van der Waals surface area contributed by atoms with Gasteiger partial charge >= 0.3 is 0 Å². The molecule has 0 N–H and O–H groups in total. The lowest BCUT2D eigenvalue weighted by atomic mass is 10.7. The molecule has 0 radical (unpaired) electrons. The van der Waals surface area contributed by atoms with Gasteiger partial charge < -0.3 is 4.74 Å². The van der Waals surface area contributed by atoms with Crippen molar-refractivity contribution < 1.29 is 4.74 Å². The molecule has 13 heavy (non-hydrogen) atoms. The van der Waals surface area contributed by atoms with Crippen LogP contribution in [-0.2, 0) is 11.5 Å². The zero-order chi connectivity index (χ0) is 9.84. The summed E-state index contributed by atoms with van der Waals surface area (Å²) in [5.74, 6) is 2.34. The normalized spacial score (nSPS) is 10.0. The van der Waals surface area contributed by atoms with Crippen LogP contribution in [0.25, 0.3) is 0 Å². The van der Waals surface area contributed by atoms with Crippen LogP contribution >= 0.6 is 39.1 Å². The van der Waals surface area contributed by atoms with Gasteiger partial charge in [0.2, 0.25) is 0 Å². The second kappa shape index (κ2) is 4.87. The fourth-order valence-electron chi connectivity index (χ4n) is 0.686. The summed E-state index contributed by atoms with van der Waals surface area (Å²) in [5.41, 5.74) is 0. The molecule has 1 aromatic rings. The Bertz CT molecular complexity index is 345. The number of hydrogen-bond acceptors (Lipinski definition) is 2. The number of terminal acetylenes is 1. The summed E-state index contributed by atoms with van der Waals surface area (Å²) in [6.07, 6.45) is 5.00. The second-order valence-electron chi connectivity index (χ2n) is 2.07. The molecule has 3 nitrogen and oxygen atoms in total. The number of halogens is 3. The van der Waals surface area contributed by atoms with Crippen molar-refractivity contribution in [1.82, 2.24) is 9.55 Å². The topological polar surface area (TPSA) is 27.1 Å². The molecule has 0 fully saturated rings. The average molecular weight is 284 g/mol. The van der Waals surface area contributed by atoms with Crippen molar-refractivity contribution in [2.75, 3.05) is 6.61 Å². The molecule has 1 aromatic heterocycles. The summed E-state index contributed by atoms with van der Waals surface area (Å²) in [6.45, 7) is 0.446. The first kappa shape index (κ1) is 10.9. The molecule has 0 spiro atoms. The van der Waals surface area contributed by atoms with Gasteiger partial charge in [0.05, 0.1) is 0 Å². The van der Waals surface area contributed by atoms with Crippen LogP contribution in [0, 0.1) is 12.3 Å². The van der Waals surface area contributed by atoms with Gasteiger partial charge in [-0.25, -0.2) is 4.98 Å². The lowest BCUT2D eigenvalue weighted by Gasteiger charge is -2.03. The molecule has 6 heteroatoms. The van der Waals surface area contributed by atoms with E-state index in [0.29, 0.717) is 9.89 Å². The van der Waals surface area contributed by atoms with E-state index in [1.165, 1.54) is 0 Å². The zero-order valence-corrected chi connectivity index (χ0v) is 9.53. The summed E-state index contributed by atoms with van der Waals surface area (Å²) in [4.78, 5) is 3.87. The molecule has 0 amide bonds. The van der Waals surface area contributed by atoms with E-state index in [9.17, 15) is 0 Å². The van der Waals surface area contributed by atoms with E-state index in [-0.39, 0.29) is 18.5 Å². The van der Waals surface area contributed by atoms with Crippen LogP contribution in [0.2, 0.25) is 10.3 Å². The van der Waals surface area contributed by atoms with Crippen molar-refractivity contribution in [2.45, 2.75) is 6.73 Å². The third-order valence-corrected chi connectivity index (χ3v) is 2.57. The fraction of sp³-hybridized carbons (Fsp3) is 0.286. The van der Waals surface area contributed by atoms with E-state index >= 15 is 0 Å². The van der Waals surface area contributed by atoms with Gasteiger partial charge in [-0.1, -0.05) is 29.1 Å². The Hall–Kier alpha value is -0.210. The van der Waals surface area contributed by atoms with Gasteiger partial charge in [-0.2, -0.15) is 0 Å². The Labute approximate surface area is 94.1 Å². The molecule has 1 rings (SSSR count). The first-order valence-corrected chi connectivity index (χ1v) is 4.80. The molecule has 1 heterocycles. The summed E-state index contributed by atoms with van der Waals surface area (Å²) < 4.78 is 7.13. The SMILES string of the molecule is C#CCOCn1c(Br)nc(Cl)c1Cl. The minimum atomic E-state index is 0.221. The van der Waals surface area contributed by atoms with Crippen LogP contribution < -0.4 is 0 Å². The first-order valence-electron chi connectivity index (χ1n) is 3.25. The van der Waals surface area contributed by atoms with Crippen molar-refractivity contribution >= 4 is 39.1 Å². The molecular weight excluding hydrogens is 279 g/mol. The molecule has 0 aliphatic carbocycles. The molecule has 70 valence electrons. The lowest BCUT2D eigenvalue weighted by Crippen LogP contribution is -2.03. The zero-order valence-electron chi connectivity index (χ0n) is 6.43. The van der Waals surface area contributed by atoms with Crippen LogP contribution in [0.4, 0.5) is 0 Å². The Balaban J connectivity index is 2.71. The van der Waals surface area contributed by atoms with Crippen molar-refractivity contribution in [1.29, 1.82) is 0 Å². The average Bonchev–Trinajstić information content (AvgIpc) is 2.32. The Kier molecular flexibility index (Phi) is 4.07. The van der Waals surface area contributed by atoms with Crippen molar-refractivity contribution in [3.05, 3.63) is 15.0 Å². The van der Waals surface area contributed by atoms with Gasteiger partial charge in [0.25, 0.3) is 0 Å². The Morgan fingerprint density at radius 3 is 2.77 bits per heavy atom. The van der Waals surface area contributed by atoms with Crippen molar-refractivity contribution in [2.24, 2.45) is 0 Å². The highest BCUT2D eigenvalue weighted by Crippen LogP contribution is 2.25. The molecule has 0 atom stereocenters. The first-order chi connectivity index (χ1) is 6.16. The molecule has 0 aliphatic heterocycles. The van der Waals surface area contributed by atoms with Gasteiger partial charge in [0.1, 0.15) is 13.3 Å². The monoisotopic (exact) mass is 282 g/mol. The molecule has 0 saturated heterocycles. The molecule has 0 unspecified atom stereocenters. The largest absolute Gasteiger partial charge is 0.348 e. The minimum Gasteiger partial charge on any atom is -0.348 e. The smallest absolute Gasteiger partial charge is 0.181 e. The highest BCUT2D eigenvalue weighted by atomic mass is 79.9. The quantitative estimate of drug-likeness (QED) is 0.630. The van der Waals surface area contributed by atoms with E-state index in [1.54, 1.807) is 4.57 Å². The van der Waals surface area contributed by atoms with Gasteiger partial charge in [0, 0.05) is 0 Å². The van der Waals surface area contributed by atoms with Crippen LogP contribution in [-0.4, -0.2) is 16.2 Å². The Morgan fingerprint density at radius 1 is 1.62 bits per heavy atom. The lowest BCUT2D eigenvalue weighted by molar-refractivity contribution is 0.103.